The highest BCUT2D eigenvalue weighted by Gasteiger charge is 2.19. The van der Waals surface area contributed by atoms with Crippen molar-refractivity contribution in [3.63, 3.8) is 0 Å². The van der Waals surface area contributed by atoms with Gasteiger partial charge in [0.05, 0.1) is 6.20 Å². The molecular formula is C10H17N3O. The van der Waals surface area contributed by atoms with Crippen LogP contribution in [0.25, 0.3) is 0 Å². The molecule has 2 heterocycles. The predicted octanol–water partition coefficient (Wildman–Crippen LogP) is 0.608. The highest BCUT2D eigenvalue weighted by molar-refractivity contribution is 5.17. The van der Waals surface area contributed by atoms with E-state index in [0.717, 1.165) is 18.5 Å². The molecule has 2 rings (SSSR count). The van der Waals surface area contributed by atoms with E-state index < -0.39 is 0 Å². The third kappa shape index (κ3) is 1.67. The highest BCUT2D eigenvalue weighted by Crippen LogP contribution is 2.19. The molecule has 0 bridgehead atoms. The first-order valence-electron chi connectivity index (χ1n) is 5.20. The minimum Gasteiger partial charge on any atom is -0.396 e. The molecule has 1 atom stereocenters. The maximum absolute atomic E-state index is 8.87. The number of hydrogen-bond donors (Lipinski definition) is 2. The summed E-state index contributed by atoms with van der Waals surface area (Å²) in [5.41, 5.74) is 2.33. The highest BCUT2D eigenvalue weighted by atomic mass is 16.2. The van der Waals surface area contributed by atoms with Crippen LogP contribution in [0.15, 0.2) is 6.20 Å². The Kier molecular flexibility index (Phi) is 2.84. The van der Waals surface area contributed by atoms with Gasteiger partial charge in [-0.25, -0.2) is 0 Å². The number of aliphatic hydroxyl groups is 1. The van der Waals surface area contributed by atoms with E-state index in [1.54, 1.807) is 0 Å². The summed E-state index contributed by atoms with van der Waals surface area (Å²) in [5, 5.41) is 16.6. The zero-order valence-electron chi connectivity index (χ0n) is 8.53. The van der Waals surface area contributed by atoms with Crippen molar-refractivity contribution in [2.24, 2.45) is 0 Å². The summed E-state index contributed by atoms with van der Waals surface area (Å²) in [5.74, 6) is 0. The Balaban J connectivity index is 2.17. The van der Waals surface area contributed by atoms with E-state index in [9.17, 15) is 0 Å². The largest absolute Gasteiger partial charge is 0.396 e. The minimum atomic E-state index is 0.199. The van der Waals surface area contributed by atoms with Gasteiger partial charge in [-0.15, -0.1) is 0 Å². The second kappa shape index (κ2) is 4.11. The summed E-state index contributed by atoms with van der Waals surface area (Å²) < 4.78 is 2.04. The fraction of sp³-hybridized carbons (Fsp3) is 0.700. The topological polar surface area (TPSA) is 50.1 Å². The van der Waals surface area contributed by atoms with Crippen molar-refractivity contribution in [3.05, 3.63) is 17.5 Å². The second-order valence-corrected chi connectivity index (χ2v) is 3.79. The Morgan fingerprint density at radius 2 is 2.57 bits per heavy atom. The average Bonchev–Trinajstić information content (AvgIpc) is 2.77. The van der Waals surface area contributed by atoms with Crippen LogP contribution in [-0.4, -0.2) is 28.0 Å². The molecule has 14 heavy (non-hydrogen) atoms. The van der Waals surface area contributed by atoms with Gasteiger partial charge >= 0.3 is 0 Å². The molecule has 1 aromatic heterocycles. The Morgan fingerprint density at radius 1 is 1.71 bits per heavy atom. The summed E-state index contributed by atoms with van der Waals surface area (Å²) in [7, 11) is 0. The lowest BCUT2D eigenvalue weighted by Gasteiger charge is -2.13. The SMILES string of the molecule is Cc1c(CCO)cnn1C1CCCN1. The molecule has 4 heteroatoms. The molecule has 0 aliphatic carbocycles. The van der Waals surface area contributed by atoms with Gasteiger partial charge in [0.2, 0.25) is 0 Å². The molecule has 1 aromatic rings. The molecule has 1 fully saturated rings. The molecule has 0 amide bonds. The van der Waals surface area contributed by atoms with Gasteiger partial charge in [0, 0.05) is 12.3 Å². The van der Waals surface area contributed by atoms with Crippen molar-refractivity contribution >= 4 is 0 Å². The third-order valence-corrected chi connectivity index (χ3v) is 2.86. The van der Waals surface area contributed by atoms with E-state index in [-0.39, 0.29) is 6.61 Å². The molecule has 0 spiro atoms. The maximum Gasteiger partial charge on any atom is 0.102 e. The summed E-state index contributed by atoms with van der Waals surface area (Å²) >= 11 is 0. The van der Waals surface area contributed by atoms with E-state index in [2.05, 4.69) is 17.3 Å². The van der Waals surface area contributed by atoms with E-state index in [1.165, 1.54) is 12.1 Å². The molecule has 78 valence electrons. The standard InChI is InChI=1S/C10H17N3O/c1-8-9(4-6-14)7-12-13(8)10-3-2-5-11-10/h7,10-11,14H,2-6H2,1H3. The summed E-state index contributed by atoms with van der Waals surface area (Å²) in [4.78, 5) is 0. The van der Waals surface area contributed by atoms with E-state index in [4.69, 9.17) is 5.11 Å². The van der Waals surface area contributed by atoms with Crippen molar-refractivity contribution in [2.75, 3.05) is 13.2 Å². The van der Waals surface area contributed by atoms with Gasteiger partial charge in [-0.3, -0.25) is 10.00 Å². The van der Waals surface area contributed by atoms with Gasteiger partial charge in [0.15, 0.2) is 0 Å². The van der Waals surface area contributed by atoms with E-state index >= 15 is 0 Å². The van der Waals surface area contributed by atoms with E-state index in [1.807, 2.05) is 10.9 Å². The molecule has 4 nitrogen and oxygen atoms in total. The Hall–Kier alpha value is -0.870. The van der Waals surface area contributed by atoms with Crippen LogP contribution in [-0.2, 0) is 6.42 Å². The first-order valence-corrected chi connectivity index (χ1v) is 5.20. The number of nitrogens with zero attached hydrogens (tertiary/aromatic N) is 2. The number of rotatable bonds is 3. The number of aliphatic hydroxyl groups excluding tert-OH is 1. The summed E-state index contributed by atoms with van der Waals surface area (Å²) in [6.07, 6.45) is 5.31. The van der Waals surface area contributed by atoms with Crippen LogP contribution in [0.5, 0.6) is 0 Å². The van der Waals surface area contributed by atoms with Crippen molar-refractivity contribution in [3.8, 4) is 0 Å². The molecule has 1 unspecified atom stereocenters. The summed E-state index contributed by atoms with van der Waals surface area (Å²) in [6.45, 7) is 3.35. The molecule has 2 N–H and O–H groups in total. The minimum absolute atomic E-state index is 0.199. The first-order chi connectivity index (χ1) is 6.83. The number of nitrogens with one attached hydrogen (secondary N) is 1. The van der Waals surface area contributed by atoms with Crippen molar-refractivity contribution in [1.29, 1.82) is 0 Å². The van der Waals surface area contributed by atoms with Crippen LogP contribution in [0.2, 0.25) is 0 Å². The van der Waals surface area contributed by atoms with Crippen molar-refractivity contribution < 1.29 is 5.11 Å². The average molecular weight is 195 g/mol. The van der Waals surface area contributed by atoms with Crippen molar-refractivity contribution in [1.82, 2.24) is 15.1 Å². The lowest BCUT2D eigenvalue weighted by molar-refractivity contribution is 0.299. The smallest absolute Gasteiger partial charge is 0.102 e. The monoisotopic (exact) mass is 195 g/mol. The lowest BCUT2D eigenvalue weighted by atomic mass is 10.2. The van der Waals surface area contributed by atoms with Gasteiger partial charge in [0.1, 0.15) is 6.17 Å². The van der Waals surface area contributed by atoms with Gasteiger partial charge in [-0.2, -0.15) is 5.10 Å². The quantitative estimate of drug-likeness (QED) is 0.743. The maximum atomic E-state index is 8.87. The zero-order valence-corrected chi connectivity index (χ0v) is 8.53. The van der Waals surface area contributed by atoms with Crippen LogP contribution in [0.3, 0.4) is 0 Å². The van der Waals surface area contributed by atoms with Gasteiger partial charge in [-0.05, 0) is 38.3 Å². The van der Waals surface area contributed by atoms with Crippen LogP contribution in [0.1, 0.15) is 30.3 Å². The summed E-state index contributed by atoms with van der Waals surface area (Å²) in [6, 6.07) is 0. The number of aromatic nitrogens is 2. The van der Waals surface area contributed by atoms with E-state index in [0.29, 0.717) is 12.6 Å². The number of hydrogen-bond acceptors (Lipinski definition) is 3. The molecule has 0 aromatic carbocycles. The Labute approximate surface area is 83.9 Å². The second-order valence-electron chi connectivity index (χ2n) is 3.79. The normalized spacial score (nSPS) is 21.7. The lowest BCUT2D eigenvalue weighted by Crippen LogP contribution is -2.22. The Bertz CT molecular complexity index is 302. The predicted molar refractivity (Wildman–Crippen MR) is 54.0 cm³/mol. The molecule has 0 saturated carbocycles. The fourth-order valence-corrected chi connectivity index (χ4v) is 2.01. The molecule has 1 aliphatic rings. The van der Waals surface area contributed by atoms with Crippen molar-refractivity contribution in [2.45, 2.75) is 32.4 Å². The fourth-order valence-electron chi connectivity index (χ4n) is 2.01. The third-order valence-electron chi connectivity index (χ3n) is 2.86. The van der Waals surface area contributed by atoms with Crippen LogP contribution in [0.4, 0.5) is 0 Å². The zero-order chi connectivity index (χ0) is 9.97. The van der Waals surface area contributed by atoms with Crippen LogP contribution >= 0.6 is 0 Å². The van der Waals surface area contributed by atoms with Gasteiger partial charge in [-0.1, -0.05) is 0 Å². The first kappa shape index (κ1) is 9.68. The van der Waals surface area contributed by atoms with Crippen LogP contribution in [0, 0.1) is 6.92 Å². The molecule has 0 radical (unpaired) electrons. The van der Waals surface area contributed by atoms with Crippen LogP contribution < -0.4 is 5.32 Å². The van der Waals surface area contributed by atoms with Gasteiger partial charge in [0.25, 0.3) is 0 Å². The molecule has 1 aliphatic heterocycles. The molecular weight excluding hydrogens is 178 g/mol. The molecule has 1 saturated heterocycles. The Morgan fingerprint density at radius 3 is 3.21 bits per heavy atom. The van der Waals surface area contributed by atoms with Gasteiger partial charge < -0.3 is 5.11 Å².